The number of hydrogen-bond donors (Lipinski definition) is 1. The van der Waals surface area contributed by atoms with Gasteiger partial charge in [-0.1, -0.05) is 5.57 Å². The lowest BCUT2D eigenvalue weighted by Crippen LogP contribution is -2.01. The number of rotatable bonds is 5. The first-order valence-corrected chi connectivity index (χ1v) is 4.35. The highest BCUT2D eigenvalue weighted by atomic mass is 32.2. The van der Waals surface area contributed by atoms with Gasteiger partial charge in [0.2, 0.25) is 0 Å². The maximum Gasteiger partial charge on any atom is 0.00559 e. The molecule has 0 aromatic carbocycles. The van der Waals surface area contributed by atoms with Crippen molar-refractivity contribution in [2.24, 2.45) is 5.73 Å². The molecule has 0 spiro atoms. The van der Waals surface area contributed by atoms with Crippen LogP contribution < -0.4 is 5.73 Å². The van der Waals surface area contributed by atoms with Gasteiger partial charge in [-0.3, -0.25) is 0 Å². The van der Waals surface area contributed by atoms with Gasteiger partial charge < -0.3 is 5.73 Å². The molecule has 0 rings (SSSR count). The summed E-state index contributed by atoms with van der Waals surface area (Å²) in [5.41, 5.74) is 6.57. The van der Waals surface area contributed by atoms with Gasteiger partial charge >= 0.3 is 0 Å². The predicted molar refractivity (Wildman–Crippen MR) is 45.8 cm³/mol. The van der Waals surface area contributed by atoms with E-state index in [0.29, 0.717) is 0 Å². The second kappa shape index (κ2) is 6.17. The summed E-state index contributed by atoms with van der Waals surface area (Å²) in [6.45, 7) is 6.66. The Labute approximate surface area is 61.7 Å². The van der Waals surface area contributed by atoms with Crippen LogP contribution in [0.2, 0.25) is 0 Å². The fourth-order valence-electron chi connectivity index (χ4n) is 0.432. The average molecular weight is 145 g/mol. The van der Waals surface area contributed by atoms with Crippen LogP contribution in [0.1, 0.15) is 13.3 Å². The van der Waals surface area contributed by atoms with Crippen molar-refractivity contribution in [1.82, 2.24) is 0 Å². The van der Waals surface area contributed by atoms with Crippen LogP contribution in [0.15, 0.2) is 12.2 Å². The summed E-state index contributed by atoms with van der Waals surface area (Å²) in [6.07, 6.45) is 1.13. The molecule has 2 N–H and O–H groups in total. The third-order valence-electron chi connectivity index (χ3n) is 0.935. The molecule has 0 bridgehead atoms. The van der Waals surface area contributed by atoms with Crippen molar-refractivity contribution in [3.8, 4) is 0 Å². The van der Waals surface area contributed by atoms with E-state index >= 15 is 0 Å². The van der Waals surface area contributed by atoms with Gasteiger partial charge in [0.15, 0.2) is 0 Å². The standard InChI is InChI=1S/C7H15NS/c1-7(2)3-5-9-6-4-8/h1,3-6,8H2,2H3. The van der Waals surface area contributed by atoms with Crippen LogP contribution in [0.3, 0.4) is 0 Å². The van der Waals surface area contributed by atoms with Crippen molar-refractivity contribution in [3.05, 3.63) is 12.2 Å². The minimum atomic E-state index is 0.793. The Bertz CT molecular complexity index is 81.0. The Morgan fingerprint density at radius 3 is 2.67 bits per heavy atom. The highest BCUT2D eigenvalue weighted by Gasteiger charge is 1.86. The van der Waals surface area contributed by atoms with E-state index in [1.54, 1.807) is 0 Å². The first kappa shape index (κ1) is 9.05. The molecular formula is C7H15NS. The molecule has 0 aromatic rings. The largest absolute Gasteiger partial charge is 0.330 e. The van der Waals surface area contributed by atoms with Crippen LogP contribution >= 0.6 is 11.8 Å². The van der Waals surface area contributed by atoms with E-state index in [1.165, 1.54) is 11.3 Å². The molecule has 0 aliphatic rings. The number of nitrogens with two attached hydrogens (primary N) is 1. The van der Waals surface area contributed by atoms with Crippen molar-refractivity contribution in [2.75, 3.05) is 18.1 Å². The fraction of sp³-hybridized carbons (Fsp3) is 0.714. The molecule has 0 atom stereocenters. The van der Waals surface area contributed by atoms with E-state index in [9.17, 15) is 0 Å². The molecular weight excluding hydrogens is 130 g/mol. The first-order valence-electron chi connectivity index (χ1n) is 3.19. The van der Waals surface area contributed by atoms with Gasteiger partial charge in [0, 0.05) is 12.3 Å². The van der Waals surface area contributed by atoms with Gasteiger partial charge in [-0.25, -0.2) is 0 Å². The smallest absolute Gasteiger partial charge is 0.00559 e. The summed E-state index contributed by atoms with van der Waals surface area (Å²) in [5, 5.41) is 0. The van der Waals surface area contributed by atoms with E-state index in [1.807, 2.05) is 11.8 Å². The maximum absolute atomic E-state index is 5.30. The second-order valence-electron chi connectivity index (χ2n) is 2.11. The molecule has 0 aromatic heterocycles. The number of allylic oxidation sites excluding steroid dienone is 1. The lowest BCUT2D eigenvalue weighted by molar-refractivity contribution is 1.11. The Hall–Kier alpha value is 0.0500. The van der Waals surface area contributed by atoms with Gasteiger partial charge in [0.1, 0.15) is 0 Å². The van der Waals surface area contributed by atoms with E-state index in [4.69, 9.17) is 5.73 Å². The highest BCUT2D eigenvalue weighted by Crippen LogP contribution is 2.05. The molecule has 1 nitrogen and oxygen atoms in total. The molecule has 0 saturated carbocycles. The summed E-state index contributed by atoms with van der Waals surface area (Å²) >= 11 is 1.90. The quantitative estimate of drug-likeness (QED) is 0.470. The predicted octanol–water partition coefficient (Wildman–Crippen LogP) is 1.64. The van der Waals surface area contributed by atoms with Gasteiger partial charge in [0.25, 0.3) is 0 Å². The monoisotopic (exact) mass is 145 g/mol. The van der Waals surface area contributed by atoms with E-state index in [2.05, 4.69) is 13.5 Å². The third kappa shape index (κ3) is 8.05. The molecule has 2 heteroatoms. The Balaban J connectivity index is 2.83. The van der Waals surface area contributed by atoms with E-state index in [0.717, 1.165) is 18.7 Å². The van der Waals surface area contributed by atoms with Crippen LogP contribution in [0.4, 0.5) is 0 Å². The summed E-state index contributed by atoms with van der Waals surface area (Å²) < 4.78 is 0. The Kier molecular flexibility index (Phi) is 6.21. The van der Waals surface area contributed by atoms with E-state index in [-0.39, 0.29) is 0 Å². The third-order valence-corrected chi connectivity index (χ3v) is 1.95. The lowest BCUT2D eigenvalue weighted by Gasteiger charge is -1.97. The van der Waals surface area contributed by atoms with Crippen molar-refractivity contribution in [2.45, 2.75) is 13.3 Å². The van der Waals surface area contributed by atoms with Crippen molar-refractivity contribution in [1.29, 1.82) is 0 Å². The normalized spacial score (nSPS) is 9.56. The zero-order valence-electron chi connectivity index (χ0n) is 6.02. The number of hydrogen-bond acceptors (Lipinski definition) is 2. The van der Waals surface area contributed by atoms with Crippen LogP contribution in [0.25, 0.3) is 0 Å². The summed E-state index contributed by atoms with van der Waals surface area (Å²) in [4.78, 5) is 0. The molecule has 0 aliphatic carbocycles. The van der Waals surface area contributed by atoms with Crippen LogP contribution in [-0.4, -0.2) is 18.1 Å². The van der Waals surface area contributed by atoms with Gasteiger partial charge in [-0.2, -0.15) is 11.8 Å². The first-order chi connectivity index (χ1) is 4.27. The van der Waals surface area contributed by atoms with Gasteiger partial charge in [0.05, 0.1) is 0 Å². The van der Waals surface area contributed by atoms with Gasteiger partial charge in [-0.15, -0.1) is 6.58 Å². The minimum Gasteiger partial charge on any atom is -0.330 e. The molecule has 0 saturated heterocycles. The summed E-state index contributed by atoms with van der Waals surface area (Å²) in [7, 11) is 0. The molecule has 54 valence electrons. The zero-order valence-corrected chi connectivity index (χ0v) is 6.84. The van der Waals surface area contributed by atoms with Gasteiger partial charge in [-0.05, 0) is 19.1 Å². The maximum atomic E-state index is 5.30. The molecule has 9 heavy (non-hydrogen) atoms. The molecule has 0 heterocycles. The Morgan fingerprint density at radius 1 is 1.56 bits per heavy atom. The second-order valence-corrected chi connectivity index (χ2v) is 3.33. The molecule has 0 amide bonds. The van der Waals surface area contributed by atoms with Crippen molar-refractivity contribution in [3.63, 3.8) is 0 Å². The SMILES string of the molecule is C=C(C)CCSCCN. The molecule has 0 fully saturated rings. The van der Waals surface area contributed by atoms with Crippen LogP contribution in [-0.2, 0) is 0 Å². The van der Waals surface area contributed by atoms with Crippen molar-refractivity contribution < 1.29 is 0 Å². The lowest BCUT2D eigenvalue weighted by atomic mass is 10.3. The molecule has 0 radical (unpaired) electrons. The minimum absolute atomic E-state index is 0.793. The fourth-order valence-corrected chi connectivity index (χ4v) is 1.30. The van der Waals surface area contributed by atoms with Crippen LogP contribution in [0, 0.1) is 0 Å². The van der Waals surface area contributed by atoms with E-state index < -0.39 is 0 Å². The number of thioether (sulfide) groups is 1. The summed E-state index contributed by atoms with van der Waals surface area (Å²) in [5.74, 6) is 2.25. The zero-order chi connectivity index (χ0) is 7.11. The van der Waals surface area contributed by atoms with Crippen molar-refractivity contribution >= 4 is 11.8 Å². The Morgan fingerprint density at radius 2 is 2.22 bits per heavy atom. The van der Waals surface area contributed by atoms with Crippen LogP contribution in [0.5, 0.6) is 0 Å². The molecule has 0 aliphatic heterocycles. The summed E-state index contributed by atoms with van der Waals surface area (Å²) in [6, 6.07) is 0. The average Bonchev–Trinajstić information content (AvgIpc) is 1.80. The molecule has 0 unspecified atom stereocenters. The topological polar surface area (TPSA) is 26.0 Å². The highest BCUT2D eigenvalue weighted by molar-refractivity contribution is 7.99.